The highest BCUT2D eigenvalue weighted by atomic mass is 35.5. The maximum absolute atomic E-state index is 6.29. The van der Waals surface area contributed by atoms with Crippen molar-refractivity contribution in [3.8, 4) is 0 Å². The molecule has 1 aliphatic heterocycles. The average Bonchev–Trinajstić information content (AvgIpc) is 3.09. The molecule has 0 unspecified atom stereocenters. The molecule has 2 atom stereocenters. The number of nitrogens with two attached hydrogens (primary N) is 1. The van der Waals surface area contributed by atoms with E-state index in [1.165, 1.54) is 43.2 Å². The van der Waals surface area contributed by atoms with Gasteiger partial charge in [0.1, 0.15) is 0 Å². The second kappa shape index (κ2) is 19.0. The van der Waals surface area contributed by atoms with E-state index in [1.807, 2.05) is 24.3 Å². The number of rotatable bonds is 17. The molecule has 8 heteroatoms. The van der Waals surface area contributed by atoms with Gasteiger partial charge in [-0.15, -0.1) is 0 Å². The van der Waals surface area contributed by atoms with Crippen LogP contribution in [-0.4, -0.2) is 67.7 Å². The van der Waals surface area contributed by atoms with Crippen LogP contribution < -0.4 is 11.1 Å². The first-order chi connectivity index (χ1) is 19.8. The van der Waals surface area contributed by atoms with Gasteiger partial charge in [-0.2, -0.15) is 0 Å². The molecule has 1 saturated heterocycles. The number of benzene rings is 2. The van der Waals surface area contributed by atoms with Gasteiger partial charge in [0.05, 0.1) is 20.1 Å². The van der Waals surface area contributed by atoms with Crippen LogP contribution in [0.4, 0.5) is 0 Å². The zero-order valence-corrected chi connectivity index (χ0v) is 28.0. The van der Waals surface area contributed by atoms with Crippen molar-refractivity contribution in [3.05, 3.63) is 67.6 Å². The van der Waals surface area contributed by atoms with Crippen LogP contribution >= 0.6 is 46.4 Å². The van der Waals surface area contributed by atoms with Crippen LogP contribution in [0.25, 0.3) is 0 Å². The second-order valence-corrected chi connectivity index (χ2v) is 13.6. The number of halogens is 4. The Morgan fingerprint density at radius 2 is 1.39 bits per heavy atom. The molecule has 2 aromatic rings. The third-order valence-electron chi connectivity index (χ3n) is 8.22. The maximum atomic E-state index is 6.29. The van der Waals surface area contributed by atoms with Crippen molar-refractivity contribution in [2.75, 3.05) is 45.8 Å². The highest BCUT2D eigenvalue weighted by Crippen LogP contribution is 2.27. The maximum Gasteiger partial charge on any atom is 0.0595 e. The Bertz CT molecular complexity index is 1030. The summed E-state index contributed by atoms with van der Waals surface area (Å²) < 4.78 is 0. The lowest BCUT2D eigenvalue weighted by Crippen LogP contribution is -2.44. The largest absolute Gasteiger partial charge is 0.329 e. The van der Waals surface area contributed by atoms with Gasteiger partial charge in [0.15, 0.2) is 0 Å². The molecule has 3 rings (SSSR count). The molecule has 230 valence electrons. The summed E-state index contributed by atoms with van der Waals surface area (Å²) in [5, 5.41) is 6.00. The minimum Gasteiger partial charge on any atom is -0.329 e. The number of aryl methyl sites for hydroxylation is 2. The fourth-order valence-electron chi connectivity index (χ4n) is 6.09. The van der Waals surface area contributed by atoms with E-state index < -0.39 is 0 Å². The number of nitrogens with one attached hydrogen (secondary N) is 1. The highest BCUT2D eigenvalue weighted by molar-refractivity contribution is 6.42. The molecule has 41 heavy (non-hydrogen) atoms. The summed E-state index contributed by atoms with van der Waals surface area (Å²) in [6.45, 7) is 11.9. The molecule has 0 amide bonds. The molecule has 0 aromatic heterocycles. The summed E-state index contributed by atoms with van der Waals surface area (Å²) in [5.41, 5.74) is 8.18. The topological polar surface area (TPSA) is 44.5 Å². The summed E-state index contributed by atoms with van der Waals surface area (Å²) >= 11 is 24.9. The van der Waals surface area contributed by atoms with Crippen LogP contribution in [0, 0.1) is 5.92 Å². The van der Waals surface area contributed by atoms with Crippen LogP contribution in [0.5, 0.6) is 0 Å². The normalized spacial score (nSPS) is 18.7. The number of hydrogen-bond acceptors (Lipinski definition) is 4. The van der Waals surface area contributed by atoms with E-state index in [2.05, 4.69) is 41.1 Å². The Balaban J connectivity index is 1.65. The van der Waals surface area contributed by atoms with Crippen molar-refractivity contribution in [1.29, 1.82) is 0 Å². The van der Waals surface area contributed by atoms with Gasteiger partial charge < -0.3 is 11.1 Å². The van der Waals surface area contributed by atoms with Crippen LogP contribution in [0.3, 0.4) is 0 Å². The SMILES string of the molecule is CC(C)C[C@@H]1CCN(CCCc2ccc(Cl)c(Cl)c2)[C@@H](CCCCNCCN)CN1CCCc1ccc(Cl)c(Cl)c1. The summed E-state index contributed by atoms with van der Waals surface area (Å²) in [7, 11) is 0. The number of hydrogen-bond donors (Lipinski definition) is 2. The molecule has 1 fully saturated rings. The van der Waals surface area contributed by atoms with Gasteiger partial charge in [-0.25, -0.2) is 0 Å². The lowest BCUT2D eigenvalue weighted by atomic mass is 9.99. The fraction of sp³-hybridized carbons (Fsp3) is 0.636. The van der Waals surface area contributed by atoms with Gasteiger partial charge in [0.25, 0.3) is 0 Å². The van der Waals surface area contributed by atoms with E-state index in [1.54, 1.807) is 0 Å². The summed E-state index contributed by atoms with van der Waals surface area (Å²) in [5.74, 6) is 0.686. The Hall–Kier alpha value is -0.560. The first kappa shape index (κ1) is 34.9. The van der Waals surface area contributed by atoms with Crippen LogP contribution in [-0.2, 0) is 12.8 Å². The van der Waals surface area contributed by atoms with Gasteiger partial charge in [-0.05, 0) is 119 Å². The van der Waals surface area contributed by atoms with Gasteiger partial charge in [-0.1, -0.05) is 78.8 Å². The molecular formula is C33H50Cl4N4. The molecule has 0 aliphatic carbocycles. The molecule has 1 heterocycles. The Morgan fingerprint density at radius 3 is 1.95 bits per heavy atom. The van der Waals surface area contributed by atoms with E-state index in [4.69, 9.17) is 52.1 Å². The second-order valence-electron chi connectivity index (χ2n) is 12.0. The van der Waals surface area contributed by atoms with Gasteiger partial charge in [0.2, 0.25) is 0 Å². The van der Waals surface area contributed by atoms with Crippen LogP contribution in [0.2, 0.25) is 20.1 Å². The lowest BCUT2D eigenvalue weighted by molar-refractivity contribution is 0.140. The quantitative estimate of drug-likeness (QED) is 0.170. The zero-order valence-electron chi connectivity index (χ0n) is 25.0. The van der Waals surface area contributed by atoms with Crippen molar-refractivity contribution in [1.82, 2.24) is 15.1 Å². The molecule has 1 aliphatic rings. The summed E-state index contributed by atoms with van der Waals surface area (Å²) in [6.07, 6.45) is 10.4. The molecular weight excluding hydrogens is 594 g/mol. The molecule has 0 bridgehead atoms. The van der Waals surface area contributed by atoms with Crippen molar-refractivity contribution in [3.63, 3.8) is 0 Å². The predicted molar refractivity (Wildman–Crippen MR) is 180 cm³/mol. The van der Waals surface area contributed by atoms with E-state index in [0.717, 1.165) is 65.0 Å². The Morgan fingerprint density at radius 1 is 0.780 bits per heavy atom. The van der Waals surface area contributed by atoms with Crippen molar-refractivity contribution in [2.45, 2.75) is 83.7 Å². The molecule has 0 spiro atoms. The van der Waals surface area contributed by atoms with E-state index in [9.17, 15) is 0 Å². The minimum atomic E-state index is 0.570. The van der Waals surface area contributed by atoms with Gasteiger partial charge in [-0.3, -0.25) is 9.80 Å². The Labute approximate surface area is 269 Å². The first-order valence-electron chi connectivity index (χ1n) is 15.5. The Kier molecular flexibility index (Phi) is 16.2. The smallest absolute Gasteiger partial charge is 0.0595 e. The zero-order chi connectivity index (χ0) is 29.6. The van der Waals surface area contributed by atoms with Gasteiger partial charge >= 0.3 is 0 Å². The fourth-order valence-corrected chi connectivity index (χ4v) is 6.73. The summed E-state index contributed by atoms with van der Waals surface area (Å²) in [6, 6.07) is 13.3. The average molecular weight is 645 g/mol. The first-order valence-corrected chi connectivity index (χ1v) is 17.0. The standard InChI is InChI=1S/C33H50Cl4N4/c1-25(2)21-28-14-20-40(18-5-7-26-10-12-30(34)32(36)22-26)29(9-3-4-16-39-17-15-38)24-41(28)19-6-8-27-11-13-31(35)33(37)23-27/h10-13,22-23,25,28-29,39H,3-9,14-21,24,38H2,1-2H3/t28-,29-/m0/s1. The van der Waals surface area contributed by atoms with Crippen LogP contribution in [0.1, 0.15) is 69.9 Å². The predicted octanol–water partition coefficient (Wildman–Crippen LogP) is 8.38. The molecule has 4 nitrogen and oxygen atoms in total. The van der Waals surface area contributed by atoms with E-state index in [0.29, 0.717) is 44.6 Å². The third-order valence-corrected chi connectivity index (χ3v) is 9.70. The van der Waals surface area contributed by atoms with Crippen LogP contribution in [0.15, 0.2) is 36.4 Å². The van der Waals surface area contributed by atoms with Gasteiger partial charge in [0, 0.05) is 31.7 Å². The van der Waals surface area contributed by atoms with Crippen molar-refractivity contribution in [2.24, 2.45) is 11.7 Å². The molecule has 0 radical (unpaired) electrons. The van der Waals surface area contributed by atoms with E-state index in [-0.39, 0.29) is 0 Å². The monoisotopic (exact) mass is 642 g/mol. The highest BCUT2D eigenvalue weighted by Gasteiger charge is 2.30. The molecule has 0 saturated carbocycles. The van der Waals surface area contributed by atoms with Crippen molar-refractivity contribution >= 4 is 46.4 Å². The number of unbranched alkanes of at least 4 members (excludes halogenated alkanes) is 1. The molecule has 3 N–H and O–H groups in total. The van der Waals surface area contributed by atoms with Crippen molar-refractivity contribution < 1.29 is 0 Å². The number of nitrogens with zero attached hydrogens (tertiary/aromatic N) is 2. The minimum absolute atomic E-state index is 0.570. The molecule has 2 aromatic carbocycles. The third kappa shape index (κ3) is 12.5. The lowest BCUT2D eigenvalue weighted by Gasteiger charge is -2.34. The van der Waals surface area contributed by atoms with E-state index >= 15 is 0 Å². The summed E-state index contributed by atoms with van der Waals surface area (Å²) in [4.78, 5) is 5.60.